The fourth-order valence-corrected chi connectivity index (χ4v) is 1.64. The van der Waals surface area contributed by atoms with E-state index in [-0.39, 0.29) is 5.69 Å². The van der Waals surface area contributed by atoms with Gasteiger partial charge in [-0.25, -0.2) is 9.48 Å². The summed E-state index contributed by atoms with van der Waals surface area (Å²) in [5.41, 5.74) is 2.88. The molecule has 2 rings (SSSR count). The molecule has 0 amide bonds. The van der Waals surface area contributed by atoms with Crippen LogP contribution in [-0.2, 0) is 0 Å². The van der Waals surface area contributed by atoms with Crippen LogP contribution in [-0.4, -0.2) is 26.1 Å². The number of carbonyl (C=O) groups is 1. The third-order valence-corrected chi connectivity index (χ3v) is 2.38. The normalized spacial score (nSPS) is 10.4. The molecule has 5 nitrogen and oxygen atoms in total. The summed E-state index contributed by atoms with van der Waals surface area (Å²) in [6.07, 6.45) is 1.41. The lowest BCUT2D eigenvalue weighted by Crippen LogP contribution is -2.00. The Labute approximate surface area is 92.3 Å². The Morgan fingerprint density at radius 1 is 1.31 bits per heavy atom. The van der Waals surface area contributed by atoms with Gasteiger partial charge in [0.1, 0.15) is 0 Å². The summed E-state index contributed by atoms with van der Waals surface area (Å²) in [6, 6.07) is 5.85. The van der Waals surface area contributed by atoms with Gasteiger partial charge < -0.3 is 5.11 Å². The second kappa shape index (κ2) is 3.77. The van der Waals surface area contributed by atoms with Gasteiger partial charge in [-0.3, -0.25) is 0 Å². The summed E-state index contributed by atoms with van der Waals surface area (Å²) in [6.45, 7) is 3.90. The van der Waals surface area contributed by atoms with Crippen LogP contribution in [0.1, 0.15) is 21.6 Å². The molecular formula is C11H11N3O2. The molecule has 0 saturated heterocycles. The smallest absolute Gasteiger partial charge is 0.358 e. The third-order valence-electron chi connectivity index (χ3n) is 2.38. The van der Waals surface area contributed by atoms with E-state index in [4.69, 9.17) is 5.11 Å². The van der Waals surface area contributed by atoms with Gasteiger partial charge in [-0.05, 0) is 25.0 Å². The van der Waals surface area contributed by atoms with E-state index in [2.05, 4.69) is 10.3 Å². The Kier molecular flexibility index (Phi) is 2.44. The van der Waals surface area contributed by atoms with E-state index in [0.717, 1.165) is 16.8 Å². The SMILES string of the molecule is Cc1cccc(C)c1-n1cc(C(=O)O)nn1. The van der Waals surface area contributed by atoms with E-state index >= 15 is 0 Å². The first-order chi connectivity index (χ1) is 7.59. The molecular weight excluding hydrogens is 206 g/mol. The minimum absolute atomic E-state index is 0.0531. The molecule has 0 aliphatic carbocycles. The van der Waals surface area contributed by atoms with Gasteiger partial charge in [0.15, 0.2) is 5.69 Å². The molecule has 1 heterocycles. The van der Waals surface area contributed by atoms with Crippen molar-refractivity contribution < 1.29 is 9.90 Å². The standard InChI is InChI=1S/C11H11N3O2/c1-7-4-3-5-8(2)10(7)14-6-9(11(15)16)12-13-14/h3-6H,1-2H3,(H,15,16). The van der Waals surface area contributed by atoms with Crippen molar-refractivity contribution in [2.24, 2.45) is 0 Å². The van der Waals surface area contributed by atoms with Gasteiger partial charge in [0.25, 0.3) is 0 Å². The zero-order chi connectivity index (χ0) is 11.7. The molecule has 0 radical (unpaired) electrons. The molecule has 16 heavy (non-hydrogen) atoms. The first-order valence-electron chi connectivity index (χ1n) is 4.82. The largest absolute Gasteiger partial charge is 0.476 e. The first kappa shape index (κ1) is 10.4. The Morgan fingerprint density at radius 2 is 1.94 bits per heavy atom. The van der Waals surface area contributed by atoms with Crippen molar-refractivity contribution in [1.82, 2.24) is 15.0 Å². The fraction of sp³-hybridized carbons (Fsp3) is 0.182. The van der Waals surface area contributed by atoms with Gasteiger partial charge in [0.2, 0.25) is 0 Å². The van der Waals surface area contributed by atoms with Gasteiger partial charge in [0.05, 0.1) is 11.9 Å². The average molecular weight is 217 g/mol. The molecule has 0 saturated carbocycles. The lowest BCUT2D eigenvalue weighted by atomic mass is 10.1. The van der Waals surface area contributed by atoms with E-state index in [1.54, 1.807) is 0 Å². The van der Waals surface area contributed by atoms with Gasteiger partial charge in [-0.1, -0.05) is 23.4 Å². The van der Waals surface area contributed by atoms with Crippen molar-refractivity contribution in [2.75, 3.05) is 0 Å². The molecule has 0 aliphatic heterocycles. The van der Waals surface area contributed by atoms with Crippen LogP contribution in [0.5, 0.6) is 0 Å². The molecule has 5 heteroatoms. The van der Waals surface area contributed by atoms with Gasteiger partial charge >= 0.3 is 5.97 Å². The molecule has 1 N–H and O–H groups in total. The quantitative estimate of drug-likeness (QED) is 0.829. The lowest BCUT2D eigenvalue weighted by molar-refractivity contribution is 0.0690. The minimum atomic E-state index is -1.07. The molecule has 2 aromatic rings. The van der Waals surface area contributed by atoms with Crippen LogP contribution >= 0.6 is 0 Å². The highest BCUT2D eigenvalue weighted by Gasteiger charge is 2.11. The monoisotopic (exact) mass is 217 g/mol. The van der Waals surface area contributed by atoms with E-state index in [9.17, 15) is 4.79 Å². The Balaban J connectivity index is 2.54. The number of nitrogens with zero attached hydrogens (tertiary/aromatic N) is 3. The maximum Gasteiger partial charge on any atom is 0.358 e. The minimum Gasteiger partial charge on any atom is -0.476 e. The zero-order valence-corrected chi connectivity index (χ0v) is 9.01. The highest BCUT2D eigenvalue weighted by molar-refractivity contribution is 5.84. The van der Waals surface area contributed by atoms with Crippen molar-refractivity contribution in [1.29, 1.82) is 0 Å². The highest BCUT2D eigenvalue weighted by atomic mass is 16.4. The molecule has 1 aromatic heterocycles. The molecule has 82 valence electrons. The third kappa shape index (κ3) is 1.67. The zero-order valence-electron chi connectivity index (χ0n) is 9.01. The summed E-state index contributed by atoms with van der Waals surface area (Å²) in [4.78, 5) is 10.7. The van der Waals surface area contributed by atoms with Gasteiger partial charge in [0, 0.05) is 0 Å². The number of carboxylic acids is 1. The van der Waals surface area contributed by atoms with Crippen LogP contribution in [0.4, 0.5) is 0 Å². The lowest BCUT2D eigenvalue weighted by Gasteiger charge is -2.07. The number of rotatable bonds is 2. The summed E-state index contributed by atoms with van der Waals surface area (Å²) in [7, 11) is 0. The number of para-hydroxylation sites is 1. The van der Waals surface area contributed by atoms with E-state index in [0.29, 0.717) is 0 Å². The Hall–Kier alpha value is -2.17. The second-order valence-electron chi connectivity index (χ2n) is 3.59. The van der Waals surface area contributed by atoms with E-state index in [1.807, 2.05) is 32.0 Å². The van der Waals surface area contributed by atoms with Crippen LogP contribution in [0.3, 0.4) is 0 Å². The molecule has 0 aliphatic rings. The van der Waals surface area contributed by atoms with Crippen molar-refractivity contribution in [3.8, 4) is 5.69 Å². The summed E-state index contributed by atoms with van der Waals surface area (Å²) in [5.74, 6) is -1.07. The van der Waals surface area contributed by atoms with Crippen LogP contribution in [0.15, 0.2) is 24.4 Å². The molecule has 0 bridgehead atoms. The number of aromatic nitrogens is 3. The maximum atomic E-state index is 10.7. The number of benzene rings is 1. The van der Waals surface area contributed by atoms with Crippen LogP contribution < -0.4 is 0 Å². The predicted molar refractivity (Wildman–Crippen MR) is 57.8 cm³/mol. The van der Waals surface area contributed by atoms with Crippen molar-refractivity contribution in [3.05, 3.63) is 41.2 Å². The first-order valence-corrected chi connectivity index (χ1v) is 4.82. The number of hydrogen-bond acceptors (Lipinski definition) is 3. The highest BCUT2D eigenvalue weighted by Crippen LogP contribution is 2.17. The predicted octanol–water partition coefficient (Wildman–Crippen LogP) is 1.58. The number of aromatic carboxylic acids is 1. The van der Waals surface area contributed by atoms with E-state index in [1.165, 1.54) is 10.9 Å². The summed E-state index contributed by atoms with van der Waals surface area (Å²) >= 11 is 0. The molecule has 0 fully saturated rings. The Bertz CT molecular complexity index is 526. The van der Waals surface area contributed by atoms with Crippen molar-refractivity contribution in [2.45, 2.75) is 13.8 Å². The molecule has 1 aromatic carbocycles. The number of hydrogen-bond donors (Lipinski definition) is 1. The topological polar surface area (TPSA) is 68.0 Å². The van der Waals surface area contributed by atoms with Crippen LogP contribution in [0.2, 0.25) is 0 Å². The van der Waals surface area contributed by atoms with Crippen molar-refractivity contribution in [3.63, 3.8) is 0 Å². The average Bonchev–Trinajstić information content (AvgIpc) is 2.66. The number of carboxylic acid groups (broad SMARTS) is 1. The maximum absolute atomic E-state index is 10.7. The second-order valence-corrected chi connectivity index (χ2v) is 3.59. The van der Waals surface area contributed by atoms with Crippen LogP contribution in [0.25, 0.3) is 5.69 Å². The van der Waals surface area contributed by atoms with E-state index < -0.39 is 5.97 Å². The molecule has 0 atom stereocenters. The van der Waals surface area contributed by atoms with Crippen molar-refractivity contribution >= 4 is 5.97 Å². The van der Waals surface area contributed by atoms with Crippen LogP contribution in [0, 0.1) is 13.8 Å². The fourth-order valence-electron chi connectivity index (χ4n) is 1.64. The Morgan fingerprint density at radius 3 is 2.44 bits per heavy atom. The molecule has 0 unspecified atom stereocenters. The molecule has 0 spiro atoms. The number of aryl methyl sites for hydroxylation is 2. The van der Waals surface area contributed by atoms with Gasteiger partial charge in [-0.2, -0.15) is 0 Å². The summed E-state index contributed by atoms with van der Waals surface area (Å²) < 4.78 is 1.49. The van der Waals surface area contributed by atoms with Gasteiger partial charge in [-0.15, -0.1) is 5.10 Å². The summed E-state index contributed by atoms with van der Waals surface area (Å²) in [5, 5.41) is 16.2.